The molecule has 92 valence electrons. The highest BCUT2D eigenvalue weighted by atomic mass is 16.7. The SMILES string of the molecule is O=C1C[C@H](n2cnc3ccccc32)C2CO[C@@H]1O2. The zero-order valence-electron chi connectivity index (χ0n) is 9.65. The third-order valence-electron chi connectivity index (χ3n) is 3.65. The van der Waals surface area contributed by atoms with E-state index in [4.69, 9.17) is 9.47 Å². The van der Waals surface area contributed by atoms with Crippen molar-refractivity contribution in [1.82, 2.24) is 9.55 Å². The van der Waals surface area contributed by atoms with E-state index in [1.807, 2.05) is 28.8 Å². The van der Waals surface area contributed by atoms with Gasteiger partial charge in [0.05, 0.1) is 30.0 Å². The number of aromatic nitrogens is 2. The van der Waals surface area contributed by atoms with Crippen LogP contribution in [0.15, 0.2) is 30.6 Å². The second-order valence-corrected chi connectivity index (χ2v) is 4.72. The maximum Gasteiger partial charge on any atom is 0.218 e. The van der Waals surface area contributed by atoms with Gasteiger partial charge in [-0.2, -0.15) is 0 Å². The smallest absolute Gasteiger partial charge is 0.218 e. The van der Waals surface area contributed by atoms with Crippen molar-refractivity contribution >= 4 is 16.8 Å². The molecule has 4 rings (SSSR count). The van der Waals surface area contributed by atoms with Crippen LogP contribution in [-0.4, -0.2) is 34.3 Å². The number of nitrogens with zero attached hydrogens (tertiary/aromatic N) is 2. The molecule has 2 bridgehead atoms. The van der Waals surface area contributed by atoms with Gasteiger partial charge in [0.1, 0.15) is 6.10 Å². The van der Waals surface area contributed by atoms with E-state index in [-0.39, 0.29) is 17.9 Å². The number of hydrogen-bond donors (Lipinski definition) is 0. The van der Waals surface area contributed by atoms with Gasteiger partial charge >= 0.3 is 0 Å². The van der Waals surface area contributed by atoms with E-state index >= 15 is 0 Å². The lowest BCUT2D eigenvalue weighted by atomic mass is 10.0. The molecule has 0 amide bonds. The van der Waals surface area contributed by atoms with Crippen molar-refractivity contribution in [2.24, 2.45) is 0 Å². The summed E-state index contributed by atoms with van der Waals surface area (Å²) in [5, 5.41) is 0. The Morgan fingerprint density at radius 3 is 3.17 bits per heavy atom. The first-order valence-corrected chi connectivity index (χ1v) is 6.04. The van der Waals surface area contributed by atoms with Crippen molar-refractivity contribution in [3.05, 3.63) is 30.6 Å². The second kappa shape index (κ2) is 3.63. The lowest BCUT2D eigenvalue weighted by Gasteiger charge is -2.27. The molecule has 0 aliphatic carbocycles. The second-order valence-electron chi connectivity index (χ2n) is 4.72. The Labute approximate surface area is 103 Å². The van der Waals surface area contributed by atoms with Gasteiger partial charge in [-0.25, -0.2) is 4.98 Å². The molecule has 0 saturated carbocycles. The molecule has 2 aliphatic heterocycles. The largest absolute Gasteiger partial charge is 0.343 e. The topological polar surface area (TPSA) is 53.4 Å². The van der Waals surface area contributed by atoms with E-state index in [2.05, 4.69) is 4.98 Å². The summed E-state index contributed by atoms with van der Waals surface area (Å²) < 4.78 is 12.9. The maximum absolute atomic E-state index is 11.8. The average Bonchev–Trinajstić information content (AvgIpc) is 3.00. The summed E-state index contributed by atoms with van der Waals surface area (Å²) in [5.41, 5.74) is 1.97. The highest BCUT2D eigenvalue weighted by Gasteiger charge is 2.44. The molecule has 5 heteroatoms. The van der Waals surface area contributed by atoms with Gasteiger partial charge in [0.2, 0.25) is 6.29 Å². The lowest BCUT2D eigenvalue weighted by Crippen LogP contribution is -2.36. The van der Waals surface area contributed by atoms with E-state index in [0.29, 0.717) is 13.0 Å². The Balaban J connectivity index is 1.80. The first-order valence-electron chi connectivity index (χ1n) is 6.04. The summed E-state index contributed by atoms with van der Waals surface area (Å²) in [6, 6.07) is 7.89. The molecule has 5 nitrogen and oxygen atoms in total. The number of imidazole rings is 1. The van der Waals surface area contributed by atoms with E-state index in [1.165, 1.54) is 0 Å². The number of carbonyl (C=O) groups is 1. The van der Waals surface area contributed by atoms with E-state index in [0.717, 1.165) is 11.0 Å². The Morgan fingerprint density at radius 2 is 2.22 bits per heavy atom. The van der Waals surface area contributed by atoms with Gasteiger partial charge in [0, 0.05) is 6.42 Å². The van der Waals surface area contributed by atoms with E-state index < -0.39 is 6.29 Å². The molecule has 2 saturated heterocycles. The fourth-order valence-corrected chi connectivity index (χ4v) is 2.74. The number of carbonyl (C=O) groups excluding carboxylic acids is 1. The molecule has 1 aromatic heterocycles. The van der Waals surface area contributed by atoms with Crippen LogP contribution in [-0.2, 0) is 14.3 Å². The van der Waals surface area contributed by atoms with E-state index in [1.54, 1.807) is 6.33 Å². The van der Waals surface area contributed by atoms with Crippen LogP contribution in [0.3, 0.4) is 0 Å². The minimum atomic E-state index is -0.638. The van der Waals surface area contributed by atoms with Gasteiger partial charge < -0.3 is 14.0 Å². The van der Waals surface area contributed by atoms with Crippen LogP contribution in [0.1, 0.15) is 12.5 Å². The third-order valence-corrected chi connectivity index (χ3v) is 3.65. The normalized spacial score (nSPS) is 31.1. The molecule has 2 aromatic rings. The number of benzene rings is 1. The molecule has 3 atom stereocenters. The Morgan fingerprint density at radius 1 is 1.33 bits per heavy atom. The Bertz CT molecular complexity index is 621. The standard InChI is InChI=1S/C13H12N2O3/c16-11-5-10(12-6-17-13(11)18-12)15-7-14-8-3-1-2-4-9(8)15/h1-4,7,10,12-13H,5-6H2/t10-,12?,13+/m0/s1. The summed E-state index contributed by atoms with van der Waals surface area (Å²) in [6.07, 6.45) is 1.55. The van der Waals surface area contributed by atoms with Crippen LogP contribution in [0.4, 0.5) is 0 Å². The van der Waals surface area contributed by atoms with Crippen molar-refractivity contribution in [1.29, 1.82) is 0 Å². The molecule has 3 heterocycles. The summed E-state index contributed by atoms with van der Waals surface area (Å²) in [5.74, 6) is 0.0199. The van der Waals surface area contributed by atoms with Crippen LogP contribution < -0.4 is 0 Å². The van der Waals surface area contributed by atoms with Gasteiger partial charge in [0.25, 0.3) is 0 Å². The minimum absolute atomic E-state index is 0.0105. The van der Waals surface area contributed by atoms with Gasteiger partial charge in [0.15, 0.2) is 5.78 Å². The molecule has 2 aliphatic rings. The van der Waals surface area contributed by atoms with Gasteiger partial charge in [-0.05, 0) is 12.1 Å². The highest BCUT2D eigenvalue weighted by molar-refractivity contribution is 5.84. The van der Waals surface area contributed by atoms with Crippen LogP contribution in [0.2, 0.25) is 0 Å². The van der Waals surface area contributed by atoms with Crippen LogP contribution in [0.5, 0.6) is 0 Å². The number of fused-ring (bicyclic) bond motifs is 3. The van der Waals surface area contributed by atoms with Crippen molar-refractivity contribution in [3.63, 3.8) is 0 Å². The monoisotopic (exact) mass is 244 g/mol. The average molecular weight is 244 g/mol. The predicted octanol–water partition coefficient (Wildman–Crippen LogP) is 1.29. The summed E-state index contributed by atoms with van der Waals surface area (Å²) >= 11 is 0. The maximum atomic E-state index is 11.8. The van der Waals surface area contributed by atoms with Gasteiger partial charge in [-0.15, -0.1) is 0 Å². The molecule has 0 N–H and O–H groups in total. The third kappa shape index (κ3) is 1.34. The van der Waals surface area contributed by atoms with Crippen LogP contribution in [0, 0.1) is 0 Å². The molecule has 0 spiro atoms. The zero-order chi connectivity index (χ0) is 12.1. The Hall–Kier alpha value is -1.72. The predicted molar refractivity (Wildman–Crippen MR) is 63.0 cm³/mol. The quantitative estimate of drug-likeness (QED) is 0.758. The number of Topliss-reactive ketones (excluding diaryl/α,β-unsaturated/α-hetero) is 1. The fraction of sp³-hybridized carbons (Fsp3) is 0.385. The van der Waals surface area contributed by atoms with E-state index in [9.17, 15) is 4.79 Å². The van der Waals surface area contributed by atoms with Crippen LogP contribution >= 0.6 is 0 Å². The number of ether oxygens (including phenoxy) is 2. The fourth-order valence-electron chi connectivity index (χ4n) is 2.74. The first-order chi connectivity index (χ1) is 8.83. The van der Waals surface area contributed by atoms with Crippen molar-refractivity contribution in [2.45, 2.75) is 24.9 Å². The minimum Gasteiger partial charge on any atom is -0.343 e. The summed E-state index contributed by atoms with van der Waals surface area (Å²) in [4.78, 5) is 16.2. The number of rotatable bonds is 1. The Kier molecular flexibility index (Phi) is 2.06. The highest BCUT2D eigenvalue weighted by Crippen LogP contribution is 2.34. The summed E-state index contributed by atoms with van der Waals surface area (Å²) in [6.45, 7) is 0.480. The van der Waals surface area contributed by atoms with Crippen molar-refractivity contribution in [2.75, 3.05) is 6.61 Å². The molecule has 1 aromatic carbocycles. The molecular formula is C13H12N2O3. The number of hydrogen-bond acceptors (Lipinski definition) is 4. The molecular weight excluding hydrogens is 232 g/mol. The molecule has 1 unspecified atom stereocenters. The van der Waals surface area contributed by atoms with Crippen molar-refractivity contribution in [3.8, 4) is 0 Å². The first kappa shape index (κ1) is 10.2. The van der Waals surface area contributed by atoms with Crippen molar-refractivity contribution < 1.29 is 14.3 Å². The number of para-hydroxylation sites is 2. The molecule has 0 radical (unpaired) electrons. The number of ketones is 1. The van der Waals surface area contributed by atoms with Gasteiger partial charge in [-0.3, -0.25) is 4.79 Å². The van der Waals surface area contributed by atoms with Gasteiger partial charge in [-0.1, -0.05) is 12.1 Å². The molecule has 18 heavy (non-hydrogen) atoms. The summed E-state index contributed by atoms with van der Waals surface area (Å²) in [7, 11) is 0. The molecule has 2 fully saturated rings. The zero-order valence-corrected chi connectivity index (χ0v) is 9.65. The lowest BCUT2D eigenvalue weighted by molar-refractivity contribution is -0.156. The van der Waals surface area contributed by atoms with Crippen LogP contribution in [0.25, 0.3) is 11.0 Å².